The summed E-state index contributed by atoms with van der Waals surface area (Å²) in [5.74, 6) is 0.451. The molecule has 0 fully saturated rings. The van der Waals surface area contributed by atoms with Crippen molar-refractivity contribution in [1.29, 1.82) is 0 Å². The average Bonchev–Trinajstić information content (AvgIpc) is 2.76. The van der Waals surface area contributed by atoms with Gasteiger partial charge in [0, 0.05) is 11.1 Å². The van der Waals surface area contributed by atoms with E-state index in [2.05, 4.69) is 4.98 Å². The minimum Gasteiger partial charge on any atom is -0.459 e. The standard InChI is InChI=1S/C12H9ClN2O3/c13-8-3-1-2-6-4-7(11(16)18-10(6)8)9-5-17-12(14)15-9/h1-5,11,16H,(H2,14,15). The summed E-state index contributed by atoms with van der Waals surface area (Å²) in [5, 5.41) is 10.4. The second kappa shape index (κ2) is 4.04. The van der Waals surface area contributed by atoms with Crippen LogP contribution in [0.3, 0.4) is 0 Å². The fourth-order valence-corrected chi connectivity index (χ4v) is 2.02. The molecule has 0 saturated carbocycles. The average molecular weight is 265 g/mol. The zero-order valence-electron chi connectivity index (χ0n) is 9.13. The van der Waals surface area contributed by atoms with Gasteiger partial charge in [-0.1, -0.05) is 23.7 Å². The van der Waals surface area contributed by atoms with Gasteiger partial charge in [-0.25, -0.2) is 0 Å². The van der Waals surface area contributed by atoms with Gasteiger partial charge in [0.2, 0.25) is 6.29 Å². The summed E-state index contributed by atoms with van der Waals surface area (Å²) >= 11 is 5.99. The summed E-state index contributed by atoms with van der Waals surface area (Å²) in [6.07, 6.45) is 1.96. The monoisotopic (exact) mass is 264 g/mol. The zero-order valence-corrected chi connectivity index (χ0v) is 9.89. The van der Waals surface area contributed by atoms with Crippen molar-refractivity contribution >= 4 is 29.3 Å². The van der Waals surface area contributed by atoms with E-state index in [0.29, 0.717) is 22.0 Å². The molecule has 18 heavy (non-hydrogen) atoms. The van der Waals surface area contributed by atoms with Crippen LogP contribution in [0.5, 0.6) is 5.75 Å². The van der Waals surface area contributed by atoms with Crippen LogP contribution in [-0.4, -0.2) is 16.4 Å². The van der Waals surface area contributed by atoms with Crippen molar-refractivity contribution in [2.75, 3.05) is 5.73 Å². The molecule has 0 bridgehead atoms. The third-order valence-electron chi connectivity index (χ3n) is 2.62. The zero-order chi connectivity index (χ0) is 12.7. The quantitative estimate of drug-likeness (QED) is 0.825. The smallest absolute Gasteiger partial charge is 0.292 e. The lowest BCUT2D eigenvalue weighted by atomic mass is 10.0. The molecule has 92 valence electrons. The second-order valence-corrected chi connectivity index (χ2v) is 4.21. The molecule has 1 atom stereocenters. The van der Waals surface area contributed by atoms with Crippen molar-refractivity contribution < 1.29 is 14.3 Å². The Hall–Kier alpha value is -1.98. The molecule has 2 aromatic rings. The number of halogens is 1. The largest absolute Gasteiger partial charge is 0.459 e. The number of nitrogens with two attached hydrogens (primary N) is 1. The van der Waals surface area contributed by atoms with Crippen LogP contribution in [-0.2, 0) is 0 Å². The number of hydrogen-bond acceptors (Lipinski definition) is 5. The fraction of sp³-hybridized carbons (Fsp3) is 0.0833. The highest BCUT2D eigenvalue weighted by Gasteiger charge is 2.25. The molecule has 5 nitrogen and oxygen atoms in total. The molecule has 0 aliphatic carbocycles. The van der Waals surface area contributed by atoms with Crippen LogP contribution in [0.25, 0.3) is 11.6 Å². The summed E-state index contributed by atoms with van der Waals surface area (Å²) in [5.41, 5.74) is 7.08. The maximum Gasteiger partial charge on any atom is 0.292 e. The highest BCUT2D eigenvalue weighted by Crippen LogP contribution is 2.37. The van der Waals surface area contributed by atoms with Gasteiger partial charge in [0.05, 0.1) is 5.02 Å². The SMILES string of the molecule is Nc1nc(C2=Cc3cccc(Cl)c3OC2O)co1. The molecule has 1 aromatic heterocycles. The fourth-order valence-electron chi connectivity index (χ4n) is 1.80. The molecule has 0 spiro atoms. The van der Waals surface area contributed by atoms with Crippen LogP contribution in [0.2, 0.25) is 5.02 Å². The van der Waals surface area contributed by atoms with Gasteiger partial charge in [0.1, 0.15) is 17.7 Å². The van der Waals surface area contributed by atoms with Crippen molar-refractivity contribution in [2.45, 2.75) is 6.29 Å². The van der Waals surface area contributed by atoms with Crippen LogP contribution >= 0.6 is 11.6 Å². The Labute approximate surface area is 107 Å². The first-order chi connectivity index (χ1) is 8.65. The molecule has 1 unspecified atom stereocenters. The number of ether oxygens (including phenoxy) is 1. The Balaban J connectivity index is 2.11. The second-order valence-electron chi connectivity index (χ2n) is 3.80. The van der Waals surface area contributed by atoms with Crippen molar-refractivity contribution in [1.82, 2.24) is 4.98 Å². The number of nitrogens with zero attached hydrogens (tertiary/aromatic N) is 1. The summed E-state index contributed by atoms with van der Waals surface area (Å²) in [4.78, 5) is 3.95. The number of aliphatic hydroxyl groups excluding tert-OH is 1. The Morgan fingerprint density at radius 3 is 2.94 bits per heavy atom. The summed E-state index contributed by atoms with van der Waals surface area (Å²) in [6.45, 7) is 0. The first kappa shape index (κ1) is 11.1. The lowest BCUT2D eigenvalue weighted by Crippen LogP contribution is -2.21. The molecule has 3 rings (SSSR count). The highest BCUT2D eigenvalue weighted by molar-refractivity contribution is 6.32. The minimum atomic E-state index is -1.15. The molecule has 1 aliphatic rings. The molecule has 1 aliphatic heterocycles. The van der Waals surface area contributed by atoms with Crippen LogP contribution in [0.1, 0.15) is 11.3 Å². The van der Waals surface area contributed by atoms with Crippen LogP contribution < -0.4 is 10.5 Å². The van der Waals surface area contributed by atoms with E-state index in [0.717, 1.165) is 5.56 Å². The van der Waals surface area contributed by atoms with Crippen molar-refractivity contribution in [3.8, 4) is 5.75 Å². The van der Waals surface area contributed by atoms with Gasteiger partial charge in [-0.3, -0.25) is 0 Å². The van der Waals surface area contributed by atoms with E-state index >= 15 is 0 Å². The summed E-state index contributed by atoms with van der Waals surface area (Å²) < 4.78 is 10.3. The van der Waals surface area contributed by atoms with E-state index in [1.807, 2.05) is 6.07 Å². The van der Waals surface area contributed by atoms with E-state index in [1.54, 1.807) is 18.2 Å². The van der Waals surface area contributed by atoms with E-state index in [4.69, 9.17) is 26.5 Å². The number of anilines is 1. The summed E-state index contributed by atoms with van der Waals surface area (Å²) in [7, 11) is 0. The lowest BCUT2D eigenvalue weighted by molar-refractivity contribution is 0.0318. The van der Waals surface area contributed by atoms with Crippen molar-refractivity contribution in [3.63, 3.8) is 0 Å². The number of hydrogen-bond donors (Lipinski definition) is 2. The molecule has 0 saturated heterocycles. The van der Waals surface area contributed by atoms with Gasteiger partial charge in [-0.05, 0) is 12.1 Å². The van der Waals surface area contributed by atoms with Crippen LogP contribution in [0.4, 0.5) is 6.01 Å². The predicted molar refractivity (Wildman–Crippen MR) is 66.9 cm³/mol. The first-order valence-corrected chi connectivity index (χ1v) is 5.59. The number of rotatable bonds is 1. The molecular formula is C12H9ClN2O3. The molecule has 3 N–H and O–H groups in total. The van der Waals surface area contributed by atoms with Gasteiger partial charge in [0.25, 0.3) is 6.01 Å². The maximum absolute atomic E-state index is 9.93. The molecular weight excluding hydrogens is 256 g/mol. The normalized spacial score (nSPS) is 17.9. The number of oxazole rings is 1. The number of aliphatic hydroxyl groups is 1. The Morgan fingerprint density at radius 2 is 2.22 bits per heavy atom. The number of aromatic nitrogens is 1. The van der Waals surface area contributed by atoms with Gasteiger partial charge in [0.15, 0.2) is 0 Å². The van der Waals surface area contributed by atoms with Gasteiger partial charge >= 0.3 is 0 Å². The molecule has 6 heteroatoms. The van der Waals surface area contributed by atoms with Crippen LogP contribution in [0, 0.1) is 0 Å². The number of fused-ring (bicyclic) bond motifs is 1. The number of nitrogen functional groups attached to an aromatic ring is 1. The number of benzene rings is 1. The Bertz CT molecular complexity index is 636. The molecule has 0 radical (unpaired) electrons. The number of para-hydroxylation sites is 1. The third-order valence-corrected chi connectivity index (χ3v) is 2.92. The van der Waals surface area contributed by atoms with Gasteiger partial charge in [-0.15, -0.1) is 0 Å². The lowest BCUT2D eigenvalue weighted by Gasteiger charge is -2.22. The topological polar surface area (TPSA) is 81.5 Å². The highest BCUT2D eigenvalue weighted by atomic mass is 35.5. The van der Waals surface area contributed by atoms with E-state index in [-0.39, 0.29) is 6.01 Å². The van der Waals surface area contributed by atoms with E-state index < -0.39 is 6.29 Å². The minimum absolute atomic E-state index is 0.0370. The van der Waals surface area contributed by atoms with Crippen LogP contribution in [0.15, 0.2) is 28.9 Å². The van der Waals surface area contributed by atoms with E-state index in [9.17, 15) is 5.11 Å². The van der Waals surface area contributed by atoms with Crippen molar-refractivity contribution in [3.05, 3.63) is 40.7 Å². The molecule has 0 amide bonds. The predicted octanol–water partition coefficient (Wildman–Crippen LogP) is 2.16. The van der Waals surface area contributed by atoms with Gasteiger partial charge < -0.3 is 20.0 Å². The van der Waals surface area contributed by atoms with E-state index in [1.165, 1.54) is 6.26 Å². The summed E-state index contributed by atoms with van der Waals surface area (Å²) in [6, 6.07) is 5.36. The molecule has 2 heterocycles. The van der Waals surface area contributed by atoms with Crippen molar-refractivity contribution in [2.24, 2.45) is 0 Å². The Kier molecular flexibility index (Phi) is 2.50. The third kappa shape index (κ3) is 1.73. The Morgan fingerprint density at radius 1 is 1.39 bits per heavy atom. The van der Waals surface area contributed by atoms with Gasteiger partial charge in [-0.2, -0.15) is 4.98 Å². The first-order valence-electron chi connectivity index (χ1n) is 5.21. The maximum atomic E-state index is 9.93. The molecule has 1 aromatic carbocycles.